The molecule has 1 heterocycles. The predicted octanol–water partition coefficient (Wildman–Crippen LogP) is 3.36. The van der Waals surface area contributed by atoms with E-state index in [1.54, 1.807) is 12.1 Å². The first-order valence-electron chi connectivity index (χ1n) is 10.8. The molecule has 9 heteroatoms. The first kappa shape index (κ1) is 22.6. The van der Waals surface area contributed by atoms with Gasteiger partial charge in [-0.05, 0) is 43.2 Å². The number of carbonyl (C=O) groups excluding carboxylic acids is 1. The highest BCUT2D eigenvalue weighted by molar-refractivity contribution is 6.33. The number of anilines is 1. The summed E-state index contributed by atoms with van der Waals surface area (Å²) in [6.07, 6.45) is 0.594. The molecule has 1 fully saturated rings. The summed E-state index contributed by atoms with van der Waals surface area (Å²) in [4.78, 5) is 15.1. The van der Waals surface area contributed by atoms with Crippen LogP contribution in [0.2, 0.25) is 5.02 Å². The van der Waals surface area contributed by atoms with E-state index in [1.165, 1.54) is 38.5 Å². The van der Waals surface area contributed by atoms with Crippen LogP contribution in [0.1, 0.15) is 24.6 Å². The predicted molar refractivity (Wildman–Crippen MR) is 122 cm³/mol. The van der Waals surface area contributed by atoms with Crippen LogP contribution in [0.15, 0.2) is 36.4 Å². The zero-order valence-corrected chi connectivity index (χ0v) is 19.0. The molecule has 32 heavy (non-hydrogen) atoms. The highest BCUT2D eigenvalue weighted by Gasteiger charge is 2.31. The van der Waals surface area contributed by atoms with Crippen LogP contribution < -0.4 is 20.5 Å². The second-order valence-corrected chi connectivity index (χ2v) is 7.89. The van der Waals surface area contributed by atoms with Gasteiger partial charge in [0.25, 0.3) is 5.91 Å². The average molecular weight is 468 g/mol. The lowest BCUT2D eigenvalue weighted by atomic mass is 10.0. The van der Waals surface area contributed by atoms with Crippen molar-refractivity contribution in [2.45, 2.75) is 25.0 Å². The fourth-order valence-corrected chi connectivity index (χ4v) is 3.74. The molecule has 0 aromatic heterocycles. The van der Waals surface area contributed by atoms with Gasteiger partial charge in [-0.2, -0.15) is 0 Å². The smallest absolute Gasteiger partial charge is 0.255 e. The molecule has 2 unspecified atom stereocenters. The lowest BCUT2D eigenvalue weighted by Crippen LogP contribution is -2.55. The topological polar surface area (TPSA) is 86.1 Å². The van der Waals surface area contributed by atoms with Crippen molar-refractivity contribution >= 4 is 23.2 Å². The van der Waals surface area contributed by atoms with E-state index in [0.29, 0.717) is 37.6 Å². The number of nitrogens with zero attached hydrogens (tertiary/aromatic N) is 1. The molecular weight excluding hydrogens is 437 g/mol. The van der Waals surface area contributed by atoms with Crippen LogP contribution in [0.4, 0.5) is 10.1 Å². The molecule has 3 rings (SSSR count). The van der Waals surface area contributed by atoms with Crippen LogP contribution in [0.25, 0.3) is 0 Å². The molecule has 1 amide bonds. The third-order valence-corrected chi connectivity index (χ3v) is 5.66. The lowest BCUT2D eigenvalue weighted by Gasteiger charge is -2.38. The molecule has 0 radical (unpaired) electrons. The number of nitrogens with one attached hydrogen (secondary N) is 1. The van der Waals surface area contributed by atoms with Crippen LogP contribution in [-0.2, 0) is 4.74 Å². The molecule has 3 N–H and O–H groups in total. The van der Waals surface area contributed by atoms with Crippen molar-refractivity contribution in [2.24, 2.45) is 0 Å². The van der Waals surface area contributed by atoms with Crippen molar-refractivity contribution in [1.82, 2.24) is 10.2 Å². The molecular formula is C23H29ClFN3O4. The molecule has 0 spiro atoms. The molecule has 174 valence electrons. The number of ether oxygens (including phenoxy) is 3. The summed E-state index contributed by atoms with van der Waals surface area (Å²) < 4.78 is 38.3. The van der Waals surface area contributed by atoms with Gasteiger partial charge in [0.2, 0.25) is 0 Å². The van der Waals surface area contributed by atoms with Crippen molar-refractivity contribution in [3.63, 3.8) is 0 Å². The average Bonchev–Trinajstić information content (AvgIpc) is 2.80. The fraction of sp³-hybridized carbons (Fsp3) is 0.435. The number of benzene rings is 2. The zero-order chi connectivity index (χ0) is 24.0. The van der Waals surface area contributed by atoms with E-state index in [2.05, 4.69) is 10.2 Å². The molecule has 0 bridgehead atoms. The minimum atomic E-state index is -1.31. The quantitative estimate of drug-likeness (QED) is 0.434. The second-order valence-electron chi connectivity index (χ2n) is 7.48. The fourth-order valence-electron chi connectivity index (χ4n) is 3.58. The van der Waals surface area contributed by atoms with E-state index in [-0.39, 0.29) is 22.2 Å². The second kappa shape index (κ2) is 11.4. The molecule has 2 atom stereocenters. The summed E-state index contributed by atoms with van der Waals surface area (Å²) in [5.74, 6) is 0.124. The van der Waals surface area contributed by atoms with Crippen molar-refractivity contribution in [3.8, 4) is 11.5 Å². The highest BCUT2D eigenvalue weighted by Crippen LogP contribution is 2.29. The summed E-state index contributed by atoms with van der Waals surface area (Å²) in [5.41, 5.74) is 6.30. The molecule has 1 saturated heterocycles. The first-order chi connectivity index (χ1) is 15.8. The molecule has 2 aromatic rings. The minimum absolute atomic E-state index is 0.207. The number of carbonyl (C=O) groups is 1. The van der Waals surface area contributed by atoms with Crippen LogP contribution in [-0.4, -0.2) is 63.4 Å². The molecule has 7 nitrogen and oxygen atoms in total. The maximum atomic E-state index is 13.0. The van der Waals surface area contributed by atoms with Crippen molar-refractivity contribution in [2.75, 3.05) is 46.2 Å². The van der Waals surface area contributed by atoms with Crippen molar-refractivity contribution < 1.29 is 24.8 Å². The lowest BCUT2D eigenvalue weighted by molar-refractivity contribution is 0.00527. The van der Waals surface area contributed by atoms with E-state index in [1.807, 2.05) is 0 Å². The Balaban J connectivity index is 1.55. The minimum Gasteiger partial charge on any atom is -0.496 e. The number of nitrogen functional groups attached to an aromatic ring is 1. The van der Waals surface area contributed by atoms with E-state index >= 15 is 0 Å². The number of nitrogens with two attached hydrogens (primary N) is 1. The zero-order valence-electron chi connectivity index (χ0n) is 19.2. The Kier molecular flexibility index (Phi) is 8.03. The number of hydrogen-bond donors (Lipinski definition) is 2. The number of methoxy groups -OCH3 is 2. The van der Waals surface area contributed by atoms with Crippen LogP contribution >= 0.6 is 11.6 Å². The maximum absolute atomic E-state index is 13.0. The highest BCUT2D eigenvalue weighted by atomic mass is 35.5. The molecule has 1 aliphatic rings. The van der Waals surface area contributed by atoms with Gasteiger partial charge >= 0.3 is 0 Å². The summed E-state index contributed by atoms with van der Waals surface area (Å²) in [6, 6.07) is 7.52. The van der Waals surface area contributed by atoms with E-state index in [0.717, 1.165) is 13.0 Å². The van der Waals surface area contributed by atoms with Gasteiger partial charge in [0.05, 0.1) is 43.5 Å². The Morgan fingerprint density at radius 2 is 2.09 bits per heavy atom. The van der Waals surface area contributed by atoms with Crippen LogP contribution in [0.5, 0.6) is 11.5 Å². The van der Waals surface area contributed by atoms with Crippen molar-refractivity contribution in [3.05, 3.63) is 52.8 Å². The van der Waals surface area contributed by atoms with E-state index in [4.69, 9.17) is 32.9 Å². The Hall–Kier alpha value is -2.55. The number of rotatable bonds is 9. The standard InChI is InChI=1S/C23H29ClFN3O4/c1-30-21-13-19(26)18(24)12-17(21)23(29)27-20-8-10-28(14-22(20)31-2)9-3-11-32-16-6-4-15(25)5-7-16/h4-7,12-13,20,22H,3,8-11,14,26H2,1-2H3,(H,27,29)/i20T. The number of hydrogen-bond acceptors (Lipinski definition) is 6. The maximum Gasteiger partial charge on any atom is 0.255 e. The van der Waals surface area contributed by atoms with Crippen LogP contribution in [0.3, 0.4) is 0 Å². The van der Waals surface area contributed by atoms with Gasteiger partial charge in [-0.15, -0.1) is 0 Å². The van der Waals surface area contributed by atoms with Gasteiger partial charge in [-0.1, -0.05) is 11.6 Å². The van der Waals surface area contributed by atoms with Gasteiger partial charge < -0.3 is 30.2 Å². The number of halogens is 2. The summed E-state index contributed by atoms with van der Waals surface area (Å²) >= 11 is 6.08. The Labute approximate surface area is 194 Å². The van der Waals surface area contributed by atoms with Gasteiger partial charge in [-0.3, -0.25) is 4.79 Å². The third-order valence-electron chi connectivity index (χ3n) is 5.33. The third kappa shape index (κ3) is 6.25. The number of likely N-dealkylation sites (tertiary alicyclic amines) is 1. The number of piperidine rings is 1. The normalized spacial score (nSPS) is 21.6. The molecule has 0 saturated carbocycles. The summed E-state index contributed by atoms with van der Waals surface area (Å²) in [6.45, 7) is 2.32. The summed E-state index contributed by atoms with van der Waals surface area (Å²) in [7, 11) is 2.97. The molecule has 2 aromatic carbocycles. The molecule has 1 aliphatic heterocycles. The van der Waals surface area contributed by atoms with Crippen molar-refractivity contribution in [1.29, 1.82) is 0 Å². The first-order valence-corrected chi connectivity index (χ1v) is 10.7. The SMILES string of the molecule is [3H]C1(NC(=O)c2cc(Cl)c(N)cc2OC)CCN(CCCOc2ccc(F)cc2)CC1OC. The van der Waals surface area contributed by atoms with Gasteiger partial charge in [0, 0.05) is 32.8 Å². The van der Waals surface area contributed by atoms with Gasteiger partial charge in [0.15, 0.2) is 0 Å². The largest absolute Gasteiger partial charge is 0.496 e. The van der Waals surface area contributed by atoms with E-state index in [9.17, 15) is 9.18 Å². The van der Waals surface area contributed by atoms with E-state index < -0.39 is 18.0 Å². The monoisotopic (exact) mass is 467 g/mol. The number of amides is 1. The Morgan fingerprint density at radius 1 is 1.34 bits per heavy atom. The summed E-state index contributed by atoms with van der Waals surface area (Å²) in [5, 5.41) is 3.03. The Bertz CT molecular complexity index is 965. The Morgan fingerprint density at radius 3 is 2.78 bits per heavy atom. The van der Waals surface area contributed by atoms with Crippen LogP contribution in [0, 0.1) is 5.82 Å². The van der Waals surface area contributed by atoms with Gasteiger partial charge in [-0.25, -0.2) is 4.39 Å². The van der Waals surface area contributed by atoms with Gasteiger partial charge in [0.1, 0.15) is 17.3 Å². The molecule has 0 aliphatic carbocycles.